The zero-order valence-electron chi connectivity index (χ0n) is 16.2. The lowest BCUT2D eigenvalue weighted by Gasteiger charge is -2.33. The molecule has 2 aliphatic heterocycles. The molecule has 0 radical (unpaired) electrons. The Morgan fingerprint density at radius 1 is 1.27 bits per heavy atom. The summed E-state index contributed by atoms with van der Waals surface area (Å²) >= 11 is 0.896. The highest BCUT2D eigenvalue weighted by Crippen LogP contribution is 2.34. The third kappa shape index (κ3) is 3.80. The largest absolute Gasteiger partial charge is 0.493 e. The van der Waals surface area contributed by atoms with E-state index in [0.29, 0.717) is 17.8 Å². The molecule has 156 valence electrons. The van der Waals surface area contributed by atoms with Gasteiger partial charge in [0.05, 0.1) is 10.6 Å². The van der Waals surface area contributed by atoms with Crippen molar-refractivity contribution in [1.82, 2.24) is 9.47 Å². The minimum Gasteiger partial charge on any atom is -0.493 e. The van der Waals surface area contributed by atoms with Gasteiger partial charge in [0, 0.05) is 36.9 Å². The Hall–Kier alpha value is -3.20. The van der Waals surface area contributed by atoms with Crippen molar-refractivity contribution < 1.29 is 19.8 Å². The number of aromatic nitrogens is 1. The number of nitrogens with zero attached hydrogens (tertiary/aromatic N) is 3. The third-order valence-electron chi connectivity index (χ3n) is 5.40. The maximum absolute atomic E-state index is 12.6. The summed E-state index contributed by atoms with van der Waals surface area (Å²) in [6.45, 7) is 0.396. The zero-order valence-corrected chi connectivity index (χ0v) is 17.0. The lowest BCUT2D eigenvalue weighted by molar-refractivity contribution is -0.152. The van der Waals surface area contributed by atoms with Crippen LogP contribution in [0.15, 0.2) is 34.1 Å². The van der Waals surface area contributed by atoms with Crippen LogP contribution in [0.4, 0.5) is 5.69 Å². The van der Waals surface area contributed by atoms with Crippen molar-refractivity contribution >= 4 is 46.8 Å². The molecule has 1 atom stereocenters. The van der Waals surface area contributed by atoms with Gasteiger partial charge in [-0.2, -0.15) is 0 Å². The number of fused-ring (bicyclic) bond motifs is 1. The van der Waals surface area contributed by atoms with E-state index in [1.54, 1.807) is 12.3 Å². The minimum atomic E-state index is -1.01. The fourth-order valence-electron chi connectivity index (χ4n) is 3.84. The first-order valence-corrected chi connectivity index (χ1v) is 10.6. The number of aliphatic imine (C=N–C) groups is 1. The van der Waals surface area contributed by atoms with E-state index in [0.717, 1.165) is 45.6 Å². The Morgan fingerprint density at radius 2 is 2.07 bits per heavy atom. The summed E-state index contributed by atoms with van der Waals surface area (Å²) in [6.07, 6.45) is 5.32. The lowest BCUT2D eigenvalue weighted by atomic mass is 10.0. The van der Waals surface area contributed by atoms with E-state index in [9.17, 15) is 24.6 Å². The number of aromatic hydroxyl groups is 1. The van der Waals surface area contributed by atoms with Crippen molar-refractivity contribution in [1.29, 1.82) is 0 Å². The van der Waals surface area contributed by atoms with Gasteiger partial charge in [0.25, 0.3) is 0 Å². The Labute approximate surface area is 176 Å². The van der Waals surface area contributed by atoms with Crippen molar-refractivity contribution in [2.45, 2.75) is 38.3 Å². The topological polar surface area (TPSA) is 112 Å². The number of carbonyl (C=O) groups is 2. The number of carbonyl (C=O) groups excluding carboxylic acids is 1. The summed E-state index contributed by atoms with van der Waals surface area (Å²) in [5.74, 6) is -1.53. The molecule has 1 fully saturated rings. The van der Waals surface area contributed by atoms with Crippen LogP contribution in [-0.2, 0) is 16.1 Å². The Morgan fingerprint density at radius 3 is 2.87 bits per heavy atom. The molecule has 1 unspecified atom stereocenters. The summed E-state index contributed by atoms with van der Waals surface area (Å²) in [5.41, 5.74) is 2.54. The second-order valence-electron chi connectivity index (χ2n) is 7.27. The van der Waals surface area contributed by atoms with Crippen molar-refractivity contribution in [2.75, 3.05) is 6.54 Å². The van der Waals surface area contributed by atoms with Gasteiger partial charge in [-0.3, -0.25) is 19.1 Å². The van der Waals surface area contributed by atoms with Gasteiger partial charge in [0.15, 0.2) is 0 Å². The number of amides is 1. The molecule has 1 saturated heterocycles. The number of likely N-dealkylation sites (tertiary alicyclic amines) is 1. The maximum atomic E-state index is 12.6. The smallest absolute Gasteiger partial charge is 0.326 e. The average Bonchev–Trinajstić information content (AvgIpc) is 3.27. The van der Waals surface area contributed by atoms with Gasteiger partial charge in [0.1, 0.15) is 6.04 Å². The van der Waals surface area contributed by atoms with Gasteiger partial charge in [-0.05, 0) is 31.4 Å². The average molecular weight is 427 g/mol. The molecule has 2 aromatic rings. The number of hydrogen-bond donors (Lipinski definition) is 2. The molecule has 1 aromatic carbocycles. The number of carboxylic acid groups (broad SMARTS) is 1. The number of para-hydroxylation sites is 1. The Kier molecular flexibility index (Phi) is 5.54. The van der Waals surface area contributed by atoms with E-state index in [4.69, 9.17) is 0 Å². The minimum absolute atomic E-state index is 0.00329. The first kappa shape index (κ1) is 20.1. The fourth-order valence-corrected chi connectivity index (χ4v) is 4.70. The lowest BCUT2D eigenvalue weighted by Crippen LogP contribution is -2.48. The van der Waals surface area contributed by atoms with Crippen LogP contribution in [0.3, 0.4) is 0 Å². The Bertz CT molecular complexity index is 1110. The van der Waals surface area contributed by atoms with E-state index >= 15 is 0 Å². The summed E-state index contributed by atoms with van der Waals surface area (Å²) in [7, 11) is 0. The van der Waals surface area contributed by atoms with Crippen LogP contribution in [0.1, 0.15) is 36.1 Å². The molecule has 0 saturated carbocycles. The summed E-state index contributed by atoms with van der Waals surface area (Å²) in [4.78, 5) is 42.1. The van der Waals surface area contributed by atoms with Crippen LogP contribution in [0.2, 0.25) is 0 Å². The Balaban J connectivity index is 1.50. The van der Waals surface area contributed by atoms with Crippen molar-refractivity contribution in [2.24, 2.45) is 4.99 Å². The van der Waals surface area contributed by atoms with Gasteiger partial charge >= 0.3 is 10.8 Å². The molecule has 2 aliphatic rings. The number of rotatable bonds is 5. The van der Waals surface area contributed by atoms with Crippen LogP contribution in [0.25, 0.3) is 11.6 Å². The van der Waals surface area contributed by atoms with Crippen LogP contribution in [0.5, 0.6) is 5.88 Å². The standard InChI is InChI=1S/C21H21N3O5S/c25-18(23-9-4-3-7-16(23)20(27)28)8-10-24-19(26)17(30-21(24)29)11-13-12-22-15-6-2-1-5-14(13)15/h1-2,5-6,11-12,16,26H,3-4,7-10H2,(H,27,28)/b13-11+. The molecule has 1 amide bonds. The normalized spacial score (nSPS) is 19.3. The molecule has 3 heterocycles. The number of allylic oxidation sites excluding steroid dienone is 1. The third-order valence-corrected chi connectivity index (χ3v) is 6.31. The molecule has 1 aromatic heterocycles. The molecular formula is C21H21N3O5S. The summed E-state index contributed by atoms with van der Waals surface area (Å²) in [5, 5.41) is 19.9. The fraction of sp³-hybridized carbons (Fsp3) is 0.333. The highest BCUT2D eigenvalue weighted by Gasteiger charge is 2.31. The first-order valence-electron chi connectivity index (χ1n) is 9.75. The number of hydrogen-bond acceptors (Lipinski definition) is 6. The van der Waals surface area contributed by atoms with E-state index in [1.165, 1.54) is 4.90 Å². The highest BCUT2D eigenvalue weighted by molar-refractivity contribution is 7.10. The quantitative estimate of drug-likeness (QED) is 0.762. The van der Waals surface area contributed by atoms with E-state index in [-0.39, 0.29) is 29.6 Å². The molecule has 0 aliphatic carbocycles. The molecule has 30 heavy (non-hydrogen) atoms. The molecule has 9 heteroatoms. The number of piperidine rings is 1. The van der Waals surface area contributed by atoms with Crippen molar-refractivity contribution in [3.8, 4) is 5.88 Å². The number of carboxylic acids is 1. The van der Waals surface area contributed by atoms with Crippen LogP contribution >= 0.6 is 11.3 Å². The zero-order chi connectivity index (χ0) is 21.3. The number of benzene rings is 1. The maximum Gasteiger partial charge on any atom is 0.326 e. The van der Waals surface area contributed by atoms with E-state index in [1.807, 2.05) is 24.3 Å². The molecule has 4 rings (SSSR count). The number of aliphatic carboxylic acids is 1. The summed E-state index contributed by atoms with van der Waals surface area (Å²) in [6, 6.07) is 6.77. The van der Waals surface area contributed by atoms with Gasteiger partial charge in [0.2, 0.25) is 11.8 Å². The molecule has 0 bridgehead atoms. The SMILES string of the molecule is O=C(O)C1CCCCN1C(=O)CCn1c(O)c(/C=C2\C=Nc3ccccc32)sc1=O. The van der Waals surface area contributed by atoms with E-state index < -0.39 is 12.0 Å². The van der Waals surface area contributed by atoms with Crippen molar-refractivity contribution in [3.63, 3.8) is 0 Å². The molecular weight excluding hydrogens is 406 g/mol. The highest BCUT2D eigenvalue weighted by atomic mass is 32.1. The monoisotopic (exact) mass is 427 g/mol. The predicted octanol–water partition coefficient (Wildman–Crippen LogP) is 2.73. The van der Waals surface area contributed by atoms with Crippen LogP contribution < -0.4 is 4.87 Å². The second kappa shape index (κ2) is 8.27. The molecule has 8 nitrogen and oxygen atoms in total. The van der Waals surface area contributed by atoms with Gasteiger partial charge in [-0.25, -0.2) is 4.79 Å². The predicted molar refractivity (Wildman–Crippen MR) is 114 cm³/mol. The van der Waals surface area contributed by atoms with Crippen LogP contribution in [0, 0.1) is 0 Å². The van der Waals surface area contributed by atoms with E-state index in [2.05, 4.69) is 4.99 Å². The molecule has 0 spiro atoms. The second-order valence-corrected chi connectivity index (χ2v) is 8.26. The van der Waals surface area contributed by atoms with Crippen molar-refractivity contribution in [3.05, 3.63) is 44.4 Å². The summed E-state index contributed by atoms with van der Waals surface area (Å²) < 4.78 is 1.16. The van der Waals surface area contributed by atoms with Crippen LogP contribution in [-0.4, -0.2) is 50.4 Å². The molecule has 2 N–H and O–H groups in total. The van der Waals surface area contributed by atoms with Gasteiger partial charge in [-0.15, -0.1) is 0 Å². The number of thiazole rings is 1. The van der Waals surface area contributed by atoms with Gasteiger partial charge < -0.3 is 15.1 Å². The van der Waals surface area contributed by atoms with Gasteiger partial charge in [-0.1, -0.05) is 29.5 Å². The first-order chi connectivity index (χ1) is 14.5.